The minimum absolute atomic E-state index is 0.0598. The van der Waals surface area contributed by atoms with E-state index in [4.69, 9.17) is 16.6 Å². The number of hydrogen-bond donors (Lipinski definition) is 2. The minimum Gasteiger partial charge on any atom is -0.481 e. The molecule has 1 rings (SSSR count). The van der Waals surface area contributed by atoms with Crippen LogP contribution in [0.15, 0.2) is 0 Å². The Morgan fingerprint density at radius 1 is 1.22 bits per heavy atom. The van der Waals surface area contributed by atoms with Gasteiger partial charge in [-0.15, -0.1) is 12.3 Å². The number of carbonyl (C=O) groups excluding carboxylic acids is 1. The van der Waals surface area contributed by atoms with Crippen molar-refractivity contribution in [3.8, 4) is 12.3 Å². The van der Waals surface area contributed by atoms with E-state index in [-0.39, 0.29) is 31.8 Å². The summed E-state index contributed by atoms with van der Waals surface area (Å²) >= 11 is 0. The summed E-state index contributed by atoms with van der Waals surface area (Å²) < 4.78 is 0. The summed E-state index contributed by atoms with van der Waals surface area (Å²) in [7, 11) is 0. The third-order valence-electron chi connectivity index (χ3n) is 3.08. The molecule has 18 heavy (non-hydrogen) atoms. The first-order valence-electron chi connectivity index (χ1n) is 5.64. The topological polar surface area (TPSA) is 94.9 Å². The summed E-state index contributed by atoms with van der Waals surface area (Å²) in [6, 6.07) is 0. The first-order valence-corrected chi connectivity index (χ1v) is 5.64. The molecule has 1 aliphatic rings. The molecule has 0 aromatic rings. The highest BCUT2D eigenvalue weighted by Gasteiger charge is 2.39. The average molecular weight is 253 g/mol. The maximum atomic E-state index is 11.7. The van der Waals surface area contributed by atoms with Crippen LogP contribution in [-0.4, -0.2) is 46.0 Å². The van der Waals surface area contributed by atoms with Crippen molar-refractivity contribution in [1.29, 1.82) is 0 Å². The number of likely N-dealkylation sites (tertiary alicyclic amines) is 1. The molecular weight excluding hydrogens is 238 g/mol. The summed E-state index contributed by atoms with van der Waals surface area (Å²) in [4.78, 5) is 35.0. The number of rotatable bonds is 4. The fourth-order valence-corrected chi connectivity index (χ4v) is 2.06. The van der Waals surface area contributed by atoms with Gasteiger partial charge in [-0.05, 0) is 6.42 Å². The number of nitrogens with zero attached hydrogens (tertiary/aromatic N) is 1. The number of carboxylic acids is 2. The zero-order chi connectivity index (χ0) is 13.7. The van der Waals surface area contributed by atoms with Gasteiger partial charge in [-0.1, -0.05) is 0 Å². The zero-order valence-electron chi connectivity index (χ0n) is 9.83. The van der Waals surface area contributed by atoms with Crippen LogP contribution in [0.2, 0.25) is 0 Å². The van der Waals surface area contributed by atoms with Gasteiger partial charge in [0, 0.05) is 25.9 Å². The molecule has 0 aliphatic carbocycles. The Morgan fingerprint density at radius 3 is 2.33 bits per heavy atom. The molecule has 1 amide bonds. The molecule has 2 unspecified atom stereocenters. The normalized spacial score (nSPS) is 23.2. The lowest BCUT2D eigenvalue weighted by Crippen LogP contribution is -2.48. The predicted octanol–water partition coefficient (Wildman–Crippen LogP) is 0.0337. The molecular formula is C12H15NO5. The molecule has 6 heteroatoms. The van der Waals surface area contributed by atoms with Crippen LogP contribution in [0, 0.1) is 24.2 Å². The zero-order valence-corrected chi connectivity index (χ0v) is 9.83. The lowest BCUT2D eigenvalue weighted by Gasteiger charge is -2.34. The molecule has 0 bridgehead atoms. The molecule has 2 atom stereocenters. The number of carboxylic acid groups (broad SMARTS) is 2. The highest BCUT2D eigenvalue weighted by molar-refractivity contribution is 5.82. The minimum atomic E-state index is -1.18. The smallest absolute Gasteiger partial charge is 0.309 e. The highest BCUT2D eigenvalue weighted by atomic mass is 16.4. The summed E-state index contributed by atoms with van der Waals surface area (Å²) in [6.07, 6.45) is 5.68. The second-order valence-electron chi connectivity index (χ2n) is 4.22. The molecule has 1 saturated heterocycles. The van der Waals surface area contributed by atoms with Crippen molar-refractivity contribution in [1.82, 2.24) is 4.90 Å². The van der Waals surface area contributed by atoms with Gasteiger partial charge in [-0.25, -0.2) is 0 Å². The molecule has 1 aliphatic heterocycles. The molecule has 6 nitrogen and oxygen atoms in total. The monoisotopic (exact) mass is 253 g/mol. The van der Waals surface area contributed by atoms with Gasteiger partial charge in [0.2, 0.25) is 5.91 Å². The Balaban J connectivity index is 2.69. The fraction of sp³-hybridized carbons (Fsp3) is 0.583. The second kappa shape index (κ2) is 6.05. The molecule has 0 aromatic carbocycles. The summed E-state index contributed by atoms with van der Waals surface area (Å²) in [5.74, 6) is -2.17. The van der Waals surface area contributed by atoms with Crippen LogP contribution < -0.4 is 0 Å². The van der Waals surface area contributed by atoms with Gasteiger partial charge in [0.05, 0.1) is 11.8 Å². The van der Waals surface area contributed by atoms with E-state index < -0.39 is 23.8 Å². The van der Waals surface area contributed by atoms with Crippen molar-refractivity contribution in [2.24, 2.45) is 11.8 Å². The number of amides is 1. The quantitative estimate of drug-likeness (QED) is 0.689. The first-order chi connectivity index (χ1) is 8.47. The molecule has 98 valence electrons. The van der Waals surface area contributed by atoms with Crippen LogP contribution >= 0.6 is 0 Å². The van der Waals surface area contributed by atoms with E-state index >= 15 is 0 Å². The van der Waals surface area contributed by atoms with Gasteiger partial charge in [0.25, 0.3) is 0 Å². The van der Waals surface area contributed by atoms with Crippen molar-refractivity contribution < 1.29 is 24.6 Å². The van der Waals surface area contributed by atoms with Gasteiger partial charge < -0.3 is 15.1 Å². The second-order valence-corrected chi connectivity index (χ2v) is 4.22. The predicted molar refractivity (Wildman–Crippen MR) is 61.5 cm³/mol. The van der Waals surface area contributed by atoms with Crippen molar-refractivity contribution >= 4 is 17.8 Å². The standard InChI is InChI=1S/C12H15NO5/c1-2-3-4-10(14)13-6-5-8(11(15)16)9(7-13)12(17)18/h1,8-9H,3-7H2,(H,15,16)(H,17,18). The van der Waals surface area contributed by atoms with Gasteiger partial charge >= 0.3 is 11.9 Å². The highest BCUT2D eigenvalue weighted by Crippen LogP contribution is 2.24. The van der Waals surface area contributed by atoms with Crippen LogP contribution in [0.3, 0.4) is 0 Å². The van der Waals surface area contributed by atoms with Gasteiger partial charge in [-0.2, -0.15) is 0 Å². The molecule has 0 spiro atoms. The van der Waals surface area contributed by atoms with Gasteiger partial charge in [0.1, 0.15) is 0 Å². The van der Waals surface area contributed by atoms with E-state index in [1.807, 2.05) is 0 Å². The van der Waals surface area contributed by atoms with Crippen molar-refractivity contribution in [3.63, 3.8) is 0 Å². The molecule has 1 fully saturated rings. The first kappa shape index (κ1) is 14.0. The maximum absolute atomic E-state index is 11.7. The Kier molecular flexibility index (Phi) is 4.72. The fourth-order valence-electron chi connectivity index (χ4n) is 2.06. The number of piperidine rings is 1. The van der Waals surface area contributed by atoms with E-state index in [1.54, 1.807) is 0 Å². The molecule has 1 heterocycles. The number of terminal acetylenes is 1. The third kappa shape index (κ3) is 3.23. The number of carbonyl (C=O) groups is 3. The van der Waals surface area contributed by atoms with E-state index in [1.165, 1.54) is 4.90 Å². The lowest BCUT2D eigenvalue weighted by molar-refractivity contribution is -0.159. The van der Waals surface area contributed by atoms with E-state index in [2.05, 4.69) is 5.92 Å². The summed E-state index contributed by atoms with van der Waals surface area (Å²) in [5, 5.41) is 17.9. The average Bonchev–Trinajstić information content (AvgIpc) is 2.34. The van der Waals surface area contributed by atoms with E-state index in [9.17, 15) is 14.4 Å². The van der Waals surface area contributed by atoms with Crippen LogP contribution in [0.5, 0.6) is 0 Å². The van der Waals surface area contributed by atoms with Crippen LogP contribution in [0.4, 0.5) is 0 Å². The third-order valence-corrected chi connectivity index (χ3v) is 3.08. The summed E-state index contributed by atoms with van der Waals surface area (Å²) in [5.41, 5.74) is 0. The molecule has 2 N–H and O–H groups in total. The molecule has 0 radical (unpaired) electrons. The molecule has 0 aromatic heterocycles. The largest absolute Gasteiger partial charge is 0.481 e. The van der Waals surface area contributed by atoms with Crippen molar-refractivity contribution in [3.05, 3.63) is 0 Å². The number of hydrogen-bond acceptors (Lipinski definition) is 3. The molecule has 0 saturated carbocycles. The SMILES string of the molecule is C#CCCC(=O)N1CCC(C(=O)O)C(C(=O)O)C1. The Labute approximate surface area is 105 Å². The Morgan fingerprint density at radius 2 is 1.83 bits per heavy atom. The Hall–Kier alpha value is -2.03. The van der Waals surface area contributed by atoms with Gasteiger partial charge in [0.15, 0.2) is 0 Å². The van der Waals surface area contributed by atoms with Crippen LogP contribution in [0.25, 0.3) is 0 Å². The summed E-state index contributed by atoms with van der Waals surface area (Å²) in [6.45, 7) is 0.208. The maximum Gasteiger partial charge on any atom is 0.309 e. The van der Waals surface area contributed by atoms with E-state index in [0.717, 1.165) is 0 Å². The number of aliphatic carboxylic acids is 2. The van der Waals surface area contributed by atoms with Crippen LogP contribution in [0.1, 0.15) is 19.3 Å². The van der Waals surface area contributed by atoms with Crippen molar-refractivity contribution in [2.75, 3.05) is 13.1 Å². The van der Waals surface area contributed by atoms with Crippen LogP contribution in [-0.2, 0) is 14.4 Å². The van der Waals surface area contributed by atoms with Crippen molar-refractivity contribution in [2.45, 2.75) is 19.3 Å². The lowest BCUT2D eigenvalue weighted by atomic mass is 9.85. The van der Waals surface area contributed by atoms with E-state index in [0.29, 0.717) is 6.42 Å². The van der Waals surface area contributed by atoms with Gasteiger partial charge in [-0.3, -0.25) is 14.4 Å². The Bertz CT molecular complexity index is 398.